The molecule has 3 heterocycles. The van der Waals surface area contributed by atoms with Gasteiger partial charge in [0.25, 0.3) is 0 Å². The van der Waals surface area contributed by atoms with E-state index in [-0.39, 0.29) is 6.10 Å². The normalized spacial score (nSPS) is 23.8. The molecule has 1 saturated heterocycles. The first-order valence-electron chi connectivity index (χ1n) is 9.86. The Bertz CT molecular complexity index is 909. The molecule has 9 heteroatoms. The fourth-order valence-electron chi connectivity index (χ4n) is 4.20. The molecule has 3 N–H and O–H groups in total. The van der Waals surface area contributed by atoms with Gasteiger partial charge in [-0.3, -0.25) is 5.10 Å². The van der Waals surface area contributed by atoms with Crippen LogP contribution in [0.25, 0.3) is 0 Å². The molecule has 0 radical (unpaired) electrons. The first-order valence-corrected chi connectivity index (χ1v) is 9.86. The second-order valence-electron chi connectivity index (χ2n) is 7.86. The average Bonchev–Trinajstić information content (AvgIpc) is 3.11. The summed E-state index contributed by atoms with van der Waals surface area (Å²) in [6.45, 7) is 0.472. The molecule has 3 aliphatic rings. The van der Waals surface area contributed by atoms with Crippen molar-refractivity contribution in [2.45, 2.75) is 56.6 Å². The van der Waals surface area contributed by atoms with Gasteiger partial charge in [-0.05, 0) is 32.1 Å². The Hall–Kier alpha value is -2.68. The Morgan fingerprint density at radius 2 is 2.21 bits per heavy atom. The fraction of sp³-hybridized carbons (Fsp3) is 0.579. The number of aliphatic carboxylic acids is 1. The SMILES string of the molecule is CO[C@@H]1CC(C(=O)O)N(c2nc3c(c(Nc4cc(C5CC5)[nH]n4)n2)CCC3)C1. The lowest BCUT2D eigenvalue weighted by Crippen LogP contribution is -2.37. The maximum atomic E-state index is 11.7. The van der Waals surface area contributed by atoms with Crippen LogP contribution in [0.4, 0.5) is 17.6 Å². The summed E-state index contributed by atoms with van der Waals surface area (Å²) in [7, 11) is 1.61. The van der Waals surface area contributed by atoms with Gasteiger partial charge in [0, 0.05) is 43.3 Å². The number of carbonyl (C=O) groups is 1. The lowest BCUT2D eigenvalue weighted by Gasteiger charge is -2.22. The topological polar surface area (TPSA) is 116 Å². The maximum absolute atomic E-state index is 11.7. The van der Waals surface area contributed by atoms with Crippen LogP contribution in [0.15, 0.2) is 6.07 Å². The van der Waals surface area contributed by atoms with Crippen molar-refractivity contribution in [1.82, 2.24) is 20.2 Å². The van der Waals surface area contributed by atoms with Gasteiger partial charge in [0.1, 0.15) is 11.9 Å². The number of nitrogens with one attached hydrogen (secondary N) is 2. The molecule has 1 unspecified atom stereocenters. The molecule has 2 aromatic heterocycles. The van der Waals surface area contributed by atoms with Crippen molar-refractivity contribution in [3.8, 4) is 0 Å². The lowest BCUT2D eigenvalue weighted by molar-refractivity contribution is -0.138. The summed E-state index contributed by atoms with van der Waals surface area (Å²) >= 11 is 0. The van der Waals surface area contributed by atoms with Crippen molar-refractivity contribution in [3.63, 3.8) is 0 Å². The largest absolute Gasteiger partial charge is 0.480 e. The summed E-state index contributed by atoms with van der Waals surface area (Å²) in [6, 6.07) is 1.36. The summed E-state index contributed by atoms with van der Waals surface area (Å²) < 4.78 is 5.40. The number of carboxylic acid groups (broad SMARTS) is 1. The zero-order valence-electron chi connectivity index (χ0n) is 15.8. The standard InChI is InChI=1S/C19H24N6O3/c1-28-11-7-15(18(26)27)25(9-11)19-20-13-4-2-3-12(13)17(22-19)21-16-8-14(23-24-16)10-5-6-10/h8,10-11,15H,2-7,9H2,1H3,(H,26,27)(H2,20,21,22,23,24)/t11-,15?/m1/s1. The third-order valence-corrected chi connectivity index (χ3v) is 5.92. The van der Waals surface area contributed by atoms with E-state index in [1.54, 1.807) is 12.0 Å². The van der Waals surface area contributed by atoms with Crippen LogP contribution in [0.1, 0.15) is 48.6 Å². The number of nitrogens with zero attached hydrogens (tertiary/aromatic N) is 4. The number of fused-ring (bicyclic) bond motifs is 1. The number of aryl methyl sites for hydroxylation is 1. The third kappa shape index (κ3) is 3.09. The average molecular weight is 384 g/mol. The molecule has 0 amide bonds. The molecule has 2 atom stereocenters. The van der Waals surface area contributed by atoms with Crippen molar-refractivity contribution in [2.75, 3.05) is 23.9 Å². The van der Waals surface area contributed by atoms with Crippen molar-refractivity contribution in [2.24, 2.45) is 0 Å². The van der Waals surface area contributed by atoms with Crippen LogP contribution in [0.3, 0.4) is 0 Å². The molecule has 28 heavy (non-hydrogen) atoms. The molecular formula is C19H24N6O3. The number of aromatic amines is 1. The summed E-state index contributed by atoms with van der Waals surface area (Å²) in [4.78, 5) is 22.9. The number of ether oxygens (including phenoxy) is 1. The number of anilines is 3. The Morgan fingerprint density at radius 1 is 1.36 bits per heavy atom. The van der Waals surface area contributed by atoms with Crippen molar-refractivity contribution >= 4 is 23.6 Å². The summed E-state index contributed by atoms with van der Waals surface area (Å²) in [5.74, 6) is 1.65. The number of hydrogen-bond acceptors (Lipinski definition) is 7. The van der Waals surface area contributed by atoms with E-state index in [0.29, 0.717) is 24.8 Å². The van der Waals surface area contributed by atoms with Crippen molar-refractivity contribution < 1.29 is 14.6 Å². The molecule has 148 valence electrons. The quantitative estimate of drug-likeness (QED) is 0.692. The molecule has 1 saturated carbocycles. The van der Waals surface area contributed by atoms with E-state index in [2.05, 4.69) is 15.5 Å². The molecule has 0 spiro atoms. The molecular weight excluding hydrogens is 360 g/mol. The molecule has 9 nitrogen and oxygen atoms in total. The highest BCUT2D eigenvalue weighted by atomic mass is 16.5. The number of aromatic nitrogens is 4. The van der Waals surface area contributed by atoms with Gasteiger partial charge in [-0.15, -0.1) is 0 Å². The number of H-pyrrole nitrogens is 1. The molecule has 2 fully saturated rings. The van der Waals surface area contributed by atoms with Gasteiger partial charge in [0.05, 0.1) is 11.8 Å². The van der Waals surface area contributed by atoms with Crippen LogP contribution in [0.2, 0.25) is 0 Å². The number of carboxylic acids is 1. The third-order valence-electron chi connectivity index (χ3n) is 5.92. The number of rotatable bonds is 6. The molecule has 0 aromatic carbocycles. The molecule has 5 rings (SSSR count). The minimum atomic E-state index is -0.875. The van der Waals surface area contributed by atoms with Crippen molar-refractivity contribution in [1.29, 1.82) is 0 Å². The van der Waals surface area contributed by atoms with E-state index in [4.69, 9.17) is 14.7 Å². The summed E-state index contributed by atoms with van der Waals surface area (Å²) in [6.07, 6.45) is 5.54. The number of methoxy groups -OCH3 is 1. The van der Waals surface area contributed by atoms with Crippen LogP contribution in [-0.2, 0) is 22.4 Å². The molecule has 0 bridgehead atoms. The Kier molecular flexibility index (Phi) is 4.19. The first kappa shape index (κ1) is 17.4. The number of hydrogen-bond donors (Lipinski definition) is 3. The van der Waals surface area contributed by atoms with Gasteiger partial charge in [-0.1, -0.05) is 0 Å². The monoisotopic (exact) mass is 384 g/mol. The van der Waals surface area contributed by atoms with Gasteiger partial charge >= 0.3 is 5.97 Å². The zero-order chi connectivity index (χ0) is 19.3. The predicted octanol–water partition coefficient (Wildman–Crippen LogP) is 1.99. The van der Waals surface area contributed by atoms with E-state index in [9.17, 15) is 9.90 Å². The lowest BCUT2D eigenvalue weighted by atomic mass is 10.2. The Morgan fingerprint density at radius 3 is 2.96 bits per heavy atom. The van der Waals surface area contributed by atoms with E-state index in [1.165, 1.54) is 12.8 Å². The zero-order valence-corrected chi connectivity index (χ0v) is 15.8. The van der Waals surface area contributed by atoms with Gasteiger partial charge in [0.15, 0.2) is 5.82 Å². The van der Waals surface area contributed by atoms with Crippen LogP contribution >= 0.6 is 0 Å². The summed E-state index contributed by atoms with van der Waals surface area (Å²) in [5, 5.41) is 20.4. The van der Waals surface area contributed by atoms with E-state index in [0.717, 1.165) is 47.8 Å². The van der Waals surface area contributed by atoms with Gasteiger partial charge in [0.2, 0.25) is 5.95 Å². The molecule has 1 aliphatic heterocycles. The predicted molar refractivity (Wildman–Crippen MR) is 102 cm³/mol. The second-order valence-corrected chi connectivity index (χ2v) is 7.86. The highest BCUT2D eigenvalue weighted by molar-refractivity contribution is 5.78. The van der Waals surface area contributed by atoms with Crippen LogP contribution in [0.5, 0.6) is 0 Å². The smallest absolute Gasteiger partial charge is 0.326 e. The maximum Gasteiger partial charge on any atom is 0.326 e. The minimum Gasteiger partial charge on any atom is -0.480 e. The fourth-order valence-corrected chi connectivity index (χ4v) is 4.20. The van der Waals surface area contributed by atoms with E-state index in [1.807, 2.05) is 6.07 Å². The highest BCUT2D eigenvalue weighted by Crippen LogP contribution is 2.40. The van der Waals surface area contributed by atoms with Gasteiger partial charge in [-0.2, -0.15) is 10.1 Å². The van der Waals surface area contributed by atoms with Crippen molar-refractivity contribution in [3.05, 3.63) is 23.0 Å². The van der Waals surface area contributed by atoms with E-state index < -0.39 is 12.0 Å². The van der Waals surface area contributed by atoms with Gasteiger partial charge < -0.3 is 20.1 Å². The van der Waals surface area contributed by atoms with Crippen LogP contribution < -0.4 is 10.2 Å². The van der Waals surface area contributed by atoms with Crippen LogP contribution in [-0.4, -0.2) is 57.0 Å². The minimum absolute atomic E-state index is 0.137. The first-order chi connectivity index (χ1) is 13.6. The molecule has 2 aliphatic carbocycles. The van der Waals surface area contributed by atoms with E-state index >= 15 is 0 Å². The Labute approximate surface area is 162 Å². The van der Waals surface area contributed by atoms with Gasteiger partial charge in [-0.25, -0.2) is 9.78 Å². The summed E-state index contributed by atoms with van der Waals surface area (Å²) in [5.41, 5.74) is 3.26. The molecule has 2 aromatic rings. The second kappa shape index (κ2) is 6.73. The highest BCUT2D eigenvalue weighted by Gasteiger charge is 2.39. The Balaban J connectivity index is 1.47. The van der Waals surface area contributed by atoms with Crippen LogP contribution in [0, 0.1) is 0 Å².